The molecule has 0 saturated heterocycles. The smallest absolute Gasteiger partial charge is 0.261 e. The van der Waals surface area contributed by atoms with E-state index < -0.39 is 10.8 Å². The summed E-state index contributed by atoms with van der Waals surface area (Å²) in [5.41, 5.74) is 1.21. The van der Waals surface area contributed by atoms with Crippen LogP contribution in [0.2, 0.25) is 0 Å². The summed E-state index contributed by atoms with van der Waals surface area (Å²) in [7, 11) is 0. The van der Waals surface area contributed by atoms with Gasteiger partial charge in [0.25, 0.3) is 5.89 Å². The van der Waals surface area contributed by atoms with Crippen LogP contribution in [0.5, 0.6) is 0 Å². The van der Waals surface area contributed by atoms with Crippen LogP contribution in [0.1, 0.15) is 54.8 Å². The Balaban J connectivity index is 1.52. The highest BCUT2D eigenvalue weighted by Gasteiger charge is 2.74. The average Bonchev–Trinajstić information content (AvgIpc) is 2.99. The van der Waals surface area contributed by atoms with Gasteiger partial charge in [0.05, 0.1) is 11.0 Å². The first-order valence-electron chi connectivity index (χ1n) is 9.32. The molecule has 136 valence electrons. The van der Waals surface area contributed by atoms with Crippen molar-refractivity contribution in [1.82, 2.24) is 10.1 Å². The van der Waals surface area contributed by atoms with Gasteiger partial charge in [-0.1, -0.05) is 11.6 Å². The third-order valence-corrected chi connectivity index (χ3v) is 7.68. The van der Waals surface area contributed by atoms with E-state index >= 15 is 0 Å². The summed E-state index contributed by atoms with van der Waals surface area (Å²) in [6, 6.07) is 0. The van der Waals surface area contributed by atoms with Crippen molar-refractivity contribution in [1.29, 1.82) is 0 Å². The maximum atomic E-state index is 13.1. The number of fused-ring (bicyclic) bond motifs is 2. The van der Waals surface area contributed by atoms with E-state index in [1.54, 1.807) is 18.3 Å². The van der Waals surface area contributed by atoms with Gasteiger partial charge >= 0.3 is 0 Å². The van der Waals surface area contributed by atoms with E-state index in [9.17, 15) is 9.59 Å². The lowest BCUT2D eigenvalue weighted by atomic mass is 9.95. The van der Waals surface area contributed by atoms with Crippen LogP contribution in [0.4, 0.5) is 5.00 Å². The van der Waals surface area contributed by atoms with Gasteiger partial charge in [0.2, 0.25) is 5.91 Å². The molecule has 5 rings (SSSR count). The number of thiophene rings is 1. The summed E-state index contributed by atoms with van der Waals surface area (Å²) in [5, 5.41) is 7.88. The summed E-state index contributed by atoms with van der Waals surface area (Å²) >= 11 is 1.63. The first-order chi connectivity index (χ1) is 12.6. The Labute approximate surface area is 155 Å². The predicted molar refractivity (Wildman–Crippen MR) is 97.0 cm³/mol. The molecule has 2 aromatic rings. The molecule has 0 aliphatic heterocycles. The van der Waals surface area contributed by atoms with Gasteiger partial charge in [-0.2, -0.15) is 4.98 Å². The maximum Gasteiger partial charge on any atom is 0.261 e. The molecule has 0 aromatic carbocycles. The van der Waals surface area contributed by atoms with E-state index in [-0.39, 0.29) is 5.91 Å². The quantitative estimate of drug-likeness (QED) is 0.829. The molecule has 3 aliphatic carbocycles. The van der Waals surface area contributed by atoms with Gasteiger partial charge in [0.15, 0.2) is 5.82 Å². The van der Waals surface area contributed by atoms with Crippen molar-refractivity contribution in [3.8, 4) is 11.5 Å². The fraction of sp³-hybridized carbons (Fsp3) is 0.579. The second kappa shape index (κ2) is 5.49. The third kappa shape index (κ3) is 2.09. The van der Waals surface area contributed by atoms with E-state index in [2.05, 4.69) is 15.5 Å². The number of carbonyl (C=O) groups is 2. The normalized spacial score (nSPS) is 29.1. The summed E-state index contributed by atoms with van der Waals surface area (Å²) < 4.78 is 5.44. The molecule has 2 aromatic heterocycles. The van der Waals surface area contributed by atoms with Crippen LogP contribution in [0.25, 0.3) is 11.5 Å². The molecule has 26 heavy (non-hydrogen) atoms. The Kier molecular flexibility index (Phi) is 3.41. The number of anilines is 1. The van der Waals surface area contributed by atoms with Crippen molar-refractivity contribution in [3.05, 3.63) is 16.3 Å². The summed E-state index contributed by atoms with van der Waals surface area (Å²) in [5.74, 6) is 1.06. The minimum Gasteiger partial charge on any atom is -0.334 e. The molecule has 2 heterocycles. The molecule has 2 unspecified atom stereocenters. The van der Waals surface area contributed by atoms with Crippen LogP contribution in [0.15, 0.2) is 4.52 Å². The second-order valence-electron chi connectivity index (χ2n) is 7.90. The van der Waals surface area contributed by atoms with E-state index in [4.69, 9.17) is 4.52 Å². The van der Waals surface area contributed by atoms with Crippen molar-refractivity contribution < 1.29 is 14.1 Å². The van der Waals surface area contributed by atoms with Crippen LogP contribution in [-0.2, 0) is 22.4 Å². The van der Waals surface area contributed by atoms with E-state index in [1.165, 1.54) is 16.9 Å². The summed E-state index contributed by atoms with van der Waals surface area (Å²) in [4.78, 5) is 30.4. The summed E-state index contributed by atoms with van der Waals surface area (Å²) in [6.07, 6.45) is 8.59. The number of nitrogens with zero attached hydrogens (tertiary/aromatic N) is 2. The van der Waals surface area contributed by atoms with E-state index in [0.717, 1.165) is 55.4 Å². The van der Waals surface area contributed by atoms with E-state index in [1.807, 2.05) is 0 Å². The van der Waals surface area contributed by atoms with Crippen molar-refractivity contribution in [2.45, 2.75) is 58.3 Å². The van der Waals surface area contributed by atoms with Crippen molar-refractivity contribution in [2.75, 3.05) is 5.32 Å². The maximum absolute atomic E-state index is 13.1. The molecular weight excluding hydrogens is 350 g/mol. The standard InChI is InChI=1S/C19H21N3O3S/c1-11-20-15(25-22-11)14-12-5-2-3-6-13(12)26-16(14)21-17(24)19-8-4-7-18(19,9-19)10-23/h10H,2-9H2,1H3,(H,21,24). The van der Waals surface area contributed by atoms with Crippen molar-refractivity contribution in [2.24, 2.45) is 10.8 Å². The monoisotopic (exact) mass is 371 g/mol. The molecule has 3 aliphatic rings. The molecule has 2 fully saturated rings. The van der Waals surface area contributed by atoms with Gasteiger partial charge in [-0.25, -0.2) is 0 Å². The Morgan fingerprint density at radius 2 is 2.12 bits per heavy atom. The van der Waals surface area contributed by atoms with Gasteiger partial charge < -0.3 is 14.6 Å². The average molecular weight is 371 g/mol. The molecule has 0 bridgehead atoms. The lowest BCUT2D eigenvalue weighted by Gasteiger charge is -2.14. The molecule has 2 atom stereocenters. The molecule has 1 amide bonds. The Hall–Kier alpha value is -2.02. The van der Waals surface area contributed by atoms with Gasteiger partial charge in [0, 0.05) is 10.3 Å². The molecular formula is C19H21N3O3S. The largest absolute Gasteiger partial charge is 0.334 e. The van der Waals surface area contributed by atoms with Crippen molar-refractivity contribution in [3.63, 3.8) is 0 Å². The number of hydrogen-bond donors (Lipinski definition) is 1. The van der Waals surface area contributed by atoms with Crippen LogP contribution in [-0.4, -0.2) is 22.3 Å². The van der Waals surface area contributed by atoms with E-state index in [0.29, 0.717) is 18.1 Å². The predicted octanol–water partition coefficient (Wildman–Crippen LogP) is 3.68. The highest BCUT2D eigenvalue weighted by molar-refractivity contribution is 7.17. The van der Waals surface area contributed by atoms with Gasteiger partial charge in [0.1, 0.15) is 11.3 Å². The zero-order chi connectivity index (χ0) is 17.9. The lowest BCUT2D eigenvalue weighted by Crippen LogP contribution is -2.27. The van der Waals surface area contributed by atoms with Crippen LogP contribution in [0.3, 0.4) is 0 Å². The van der Waals surface area contributed by atoms with Gasteiger partial charge in [-0.3, -0.25) is 4.79 Å². The molecule has 2 saturated carbocycles. The summed E-state index contributed by atoms with van der Waals surface area (Å²) in [6.45, 7) is 1.80. The van der Waals surface area contributed by atoms with Crippen LogP contribution >= 0.6 is 11.3 Å². The SMILES string of the molecule is Cc1noc(-c2c(NC(=O)C34CCCC3(C=O)C4)sc3c2CCCC3)n1. The van der Waals surface area contributed by atoms with Crippen LogP contribution < -0.4 is 5.32 Å². The molecule has 6 nitrogen and oxygen atoms in total. The molecule has 7 heteroatoms. The Morgan fingerprint density at radius 3 is 2.85 bits per heavy atom. The first kappa shape index (κ1) is 16.2. The zero-order valence-electron chi connectivity index (χ0n) is 14.8. The zero-order valence-corrected chi connectivity index (χ0v) is 15.6. The van der Waals surface area contributed by atoms with Crippen LogP contribution in [0, 0.1) is 17.8 Å². The number of aryl methyl sites for hydroxylation is 2. The number of hydrogen-bond acceptors (Lipinski definition) is 6. The number of rotatable bonds is 4. The number of amides is 1. The fourth-order valence-electron chi connectivity index (χ4n) is 5.00. The fourth-order valence-corrected chi connectivity index (χ4v) is 6.28. The second-order valence-corrected chi connectivity index (χ2v) is 9.01. The third-order valence-electron chi connectivity index (χ3n) is 6.47. The van der Waals surface area contributed by atoms with Crippen molar-refractivity contribution >= 4 is 28.5 Å². The molecule has 0 radical (unpaired) electrons. The topological polar surface area (TPSA) is 85.1 Å². The highest BCUT2D eigenvalue weighted by atomic mass is 32.1. The number of aldehydes is 1. The number of aromatic nitrogens is 2. The first-order valence-corrected chi connectivity index (χ1v) is 10.1. The lowest BCUT2D eigenvalue weighted by molar-refractivity contribution is -0.124. The number of nitrogens with one attached hydrogen (secondary N) is 1. The number of carbonyl (C=O) groups excluding carboxylic acids is 2. The highest BCUT2D eigenvalue weighted by Crippen LogP contribution is 2.72. The Morgan fingerprint density at radius 1 is 1.27 bits per heavy atom. The van der Waals surface area contributed by atoms with Gasteiger partial charge in [-0.15, -0.1) is 11.3 Å². The molecule has 0 spiro atoms. The van der Waals surface area contributed by atoms with Gasteiger partial charge in [-0.05, 0) is 57.4 Å². The molecule has 1 N–H and O–H groups in total. The minimum absolute atomic E-state index is 0.0156. The Bertz CT molecular complexity index is 917. The minimum atomic E-state index is -0.499.